The predicted molar refractivity (Wildman–Crippen MR) is 124 cm³/mol. The molecule has 7 heteroatoms. The van der Waals surface area contributed by atoms with Gasteiger partial charge in [-0.1, -0.05) is 37.3 Å². The molecule has 1 N–H and O–H groups in total. The van der Waals surface area contributed by atoms with Crippen molar-refractivity contribution in [1.82, 2.24) is 20.2 Å². The zero-order valence-electron chi connectivity index (χ0n) is 18.8. The molecule has 2 aromatic heterocycles. The van der Waals surface area contributed by atoms with Crippen molar-refractivity contribution in [1.29, 1.82) is 0 Å². The van der Waals surface area contributed by atoms with Crippen LogP contribution in [0.2, 0.25) is 0 Å². The number of pyridine rings is 2. The Morgan fingerprint density at radius 2 is 1.82 bits per heavy atom. The van der Waals surface area contributed by atoms with E-state index in [0.717, 1.165) is 29.5 Å². The van der Waals surface area contributed by atoms with Gasteiger partial charge >= 0.3 is 0 Å². The van der Waals surface area contributed by atoms with E-state index in [0.29, 0.717) is 25.2 Å². The van der Waals surface area contributed by atoms with Gasteiger partial charge in [0.25, 0.3) is 11.8 Å². The number of aryl methyl sites for hydroxylation is 1. The lowest BCUT2D eigenvalue weighted by Crippen LogP contribution is -2.46. The monoisotopic (exact) mass is 446 g/mol. The summed E-state index contributed by atoms with van der Waals surface area (Å²) in [5.41, 5.74) is 2.91. The van der Waals surface area contributed by atoms with Gasteiger partial charge in [0, 0.05) is 43.8 Å². The summed E-state index contributed by atoms with van der Waals surface area (Å²) < 4.78 is 13.9. The highest BCUT2D eigenvalue weighted by molar-refractivity contribution is 6.00. The Bertz CT molecular complexity index is 1160. The molecule has 0 bridgehead atoms. The maximum Gasteiger partial charge on any atom is 0.255 e. The van der Waals surface area contributed by atoms with Crippen molar-refractivity contribution in [3.8, 4) is 11.1 Å². The van der Waals surface area contributed by atoms with Gasteiger partial charge in [-0.3, -0.25) is 14.6 Å². The fraction of sp³-hybridized carbons (Fsp3) is 0.308. The maximum absolute atomic E-state index is 13.9. The summed E-state index contributed by atoms with van der Waals surface area (Å²) in [4.78, 5) is 35.5. The van der Waals surface area contributed by atoms with Gasteiger partial charge in [-0.15, -0.1) is 0 Å². The molecule has 170 valence electrons. The molecule has 0 radical (unpaired) electrons. The van der Waals surface area contributed by atoms with Gasteiger partial charge in [0.1, 0.15) is 0 Å². The SMILES string of the molecule is Cc1cnc(F)c(C(=O)NCC2(C)CCN(C(=O)c3ccncc3-c3ccccc3)CC2)c1. The molecule has 1 saturated heterocycles. The Kier molecular flexibility index (Phi) is 6.49. The summed E-state index contributed by atoms with van der Waals surface area (Å²) in [6.45, 7) is 5.43. The van der Waals surface area contributed by atoms with Crippen LogP contribution in [0.5, 0.6) is 0 Å². The fourth-order valence-corrected chi connectivity index (χ4v) is 4.13. The molecule has 4 rings (SSSR count). The quantitative estimate of drug-likeness (QED) is 0.594. The fourth-order valence-electron chi connectivity index (χ4n) is 4.13. The molecule has 1 fully saturated rings. The molecule has 3 heterocycles. The van der Waals surface area contributed by atoms with Crippen LogP contribution < -0.4 is 5.32 Å². The Labute approximate surface area is 192 Å². The van der Waals surface area contributed by atoms with E-state index in [1.54, 1.807) is 25.4 Å². The van der Waals surface area contributed by atoms with Crippen molar-refractivity contribution >= 4 is 11.8 Å². The van der Waals surface area contributed by atoms with Crippen LogP contribution in [0.25, 0.3) is 11.1 Å². The van der Waals surface area contributed by atoms with Crippen LogP contribution in [0.4, 0.5) is 4.39 Å². The van der Waals surface area contributed by atoms with E-state index in [1.165, 1.54) is 12.3 Å². The molecular weight excluding hydrogens is 419 g/mol. The molecular formula is C26H27FN4O2. The van der Waals surface area contributed by atoms with E-state index in [1.807, 2.05) is 35.2 Å². The number of piperidine rings is 1. The third kappa shape index (κ3) is 5.08. The minimum Gasteiger partial charge on any atom is -0.351 e. The van der Waals surface area contributed by atoms with E-state index in [2.05, 4.69) is 22.2 Å². The highest BCUT2D eigenvalue weighted by atomic mass is 19.1. The Balaban J connectivity index is 1.39. The molecule has 1 aromatic carbocycles. The van der Waals surface area contributed by atoms with Crippen LogP contribution in [0, 0.1) is 18.3 Å². The van der Waals surface area contributed by atoms with Gasteiger partial charge in [-0.2, -0.15) is 4.39 Å². The number of aromatic nitrogens is 2. The second-order valence-corrected chi connectivity index (χ2v) is 8.92. The number of hydrogen-bond donors (Lipinski definition) is 1. The number of amides is 2. The average Bonchev–Trinajstić information content (AvgIpc) is 2.85. The lowest BCUT2D eigenvalue weighted by Gasteiger charge is -2.39. The van der Waals surface area contributed by atoms with Crippen molar-refractivity contribution in [2.45, 2.75) is 26.7 Å². The molecule has 2 amide bonds. The molecule has 6 nitrogen and oxygen atoms in total. The first-order valence-corrected chi connectivity index (χ1v) is 11.1. The second kappa shape index (κ2) is 9.48. The maximum atomic E-state index is 13.9. The van der Waals surface area contributed by atoms with Gasteiger partial charge in [0.15, 0.2) is 0 Å². The molecule has 1 aliphatic heterocycles. The first kappa shape index (κ1) is 22.6. The normalized spacial score (nSPS) is 15.2. The number of halogens is 1. The molecule has 0 atom stereocenters. The summed E-state index contributed by atoms with van der Waals surface area (Å²) in [5.74, 6) is -1.25. The first-order valence-electron chi connectivity index (χ1n) is 11.1. The van der Waals surface area contributed by atoms with E-state index >= 15 is 0 Å². The number of hydrogen-bond acceptors (Lipinski definition) is 4. The van der Waals surface area contributed by atoms with Gasteiger partial charge in [0.05, 0.1) is 11.1 Å². The van der Waals surface area contributed by atoms with Gasteiger partial charge in [-0.05, 0) is 48.4 Å². The number of nitrogens with one attached hydrogen (secondary N) is 1. The average molecular weight is 447 g/mol. The van der Waals surface area contributed by atoms with Crippen LogP contribution in [0.15, 0.2) is 61.1 Å². The van der Waals surface area contributed by atoms with Crippen molar-refractivity contribution in [3.05, 3.63) is 83.7 Å². The van der Waals surface area contributed by atoms with Crippen LogP contribution in [-0.4, -0.2) is 46.3 Å². The van der Waals surface area contributed by atoms with Crippen LogP contribution >= 0.6 is 0 Å². The van der Waals surface area contributed by atoms with Gasteiger partial charge < -0.3 is 10.2 Å². The molecule has 1 aliphatic rings. The lowest BCUT2D eigenvalue weighted by molar-refractivity contribution is 0.0594. The molecule has 0 unspecified atom stereocenters. The zero-order chi connectivity index (χ0) is 23.4. The third-order valence-corrected chi connectivity index (χ3v) is 6.29. The van der Waals surface area contributed by atoms with Crippen LogP contribution in [-0.2, 0) is 0 Å². The Hall–Kier alpha value is -3.61. The molecule has 0 saturated carbocycles. The van der Waals surface area contributed by atoms with E-state index in [-0.39, 0.29) is 16.9 Å². The highest BCUT2D eigenvalue weighted by Crippen LogP contribution is 2.32. The number of benzene rings is 1. The summed E-state index contributed by atoms with van der Waals surface area (Å²) >= 11 is 0. The molecule has 0 spiro atoms. The molecule has 0 aliphatic carbocycles. The van der Waals surface area contributed by atoms with Crippen molar-refractivity contribution in [2.75, 3.05) is 19.6 Å². The van der Waals surface area contributed by atoms with Crippen molar-refractivity contribution < 1.29 is 14.0 Å². The summed E-state index contributed by atoms with van der Waals surface area (Å²) in [6, 6.07) is 13.0. The smallest absolute Gasteiger partial charge is 0.255 e. The highest BCUT2D eigenvalue weighted by Gasteiger charge is 2.33. The van der Waals surface area contributed by atoms with Crippen molar-refractivity contribution in [2.24, 2.45) is 5.41 Å². The van der Waals surface area contributed by atoms with Crippen LogP contribution in [0.1, 0.15) is 46.0 Å². The summed E-state index contributed by atoms with van der Waals surface area (Å²) in [7, 11) is 0. The van der Waals surface area contributed by atoms with Crippen LogP contribution in [0.3, 0.4) is 0 Å². The van der Waals surface area contributed by atoms with Gasteiger partial charge in [0.2, 0.25) is 5.95 Å². The van der Waals surface area contributed by atoms with E-state index in [9.17, 15) is 14.0 Å². The standard InChI is InChI=1S/C26H27FN4O2/c1-18-14-21(23(27)29-15-18)24(32)30-17-26(2)9-12-31(13-10-26)25(33)20-8-11-28-16-22(20)19-6-4-3-5-7-19/h3-8,11,14-16H,9-10,12-13,17H2,1-2H3,(H,30,32). The molecule has 33 heavy (non-hydrogen) atoms. The number of likely N-dealkylation sites (tertiary alicyclic amines) is 1. The molecule has 3 aromatic rings. The third-order valence-electron chi connectivity index (χ3n) is 6.29. The second-order valence-electron chi connectivity index (χ2n) is 8.92. The van der Waals surface area contributed by atoms with Gasteiger partial charge in [-0.25, -0.2) is 4.98 Å². The number of nitrogens with zero attached hydrogens (tertiary/aromatic N) is 3. The van der Waals surface area contributed by atoms with E-state index < -0.39 is 11.9 Å². The number of carbonyl (C=O) groups is 2. The minimum absolute atomic E-state index is 0.0183. The summed E-state index contributed by atoms with van der Waals surface area (Å²) in [6.07, 6.45) is 6.23. The minimum atomic E-state index is -0.768. The largest absolute Gasteiger partial charge is 0.351 e. The Morgan fingerprint density at radius 1 is 1.09 bits per heavy atom. The number of carbonyl (C=O) groups excluding carboxylic acids is 2. The number of rotatable bonds is 5. The lowest BCUT2D eigenvalue weighted by atomic mass is 9.80. The first-order chi connectivity index (χ1) is 15.9. The zero-order valence-corrected chi connectivity index (χ0v) is 18.8. The van der Waals surface area contributed by atoms with E-state index in [4.69, 9.17) is 0 Å². The van der Waals surface area contributed by atoms with Crippen molar-refractivity contribution in [3.63, 3.8) is 0 Å². The topological polar surface area (TPSA) is 75.2 Å². The summed E-state index contributed by atoms with van der Waals surface area (Å²) in [5, 5.41) is 2.85. The predicted octanol–water partition coefficient (Wildman–Crippen LogP) is 4.26. The Morgan fingerprint density at radius 3 is 2.55 bits per heavy atom.